The standard InChI is InChI=1S/C34H24N10O12S2/c45-25-15-29(47)35-33(49)31(25)43-39-20-7-5-19(6-8-20)38-40-21-9-11-23(27(13-21)57(51,52)53)17-1-3-18(4-2-17)37-41-22-10-12-24(28(14-22)58(54,55)56)42-44-32-26(46)16-30(48)36-34(32)50/h1-14,31-32H,15-16H2,(H,35,47,49)(H,36,48,50)(H,51,52,53)(H,54,55,56). The predicted molar refractivity (Wildman–Crippen MR) is 195 cm³/mol. The maximum atomic E-state index is 12.4. The highest BCUT2D eigenvalue weighted by Crippen LogP contribution is 2.34. The van der Waals surface area contributed by atoms with E-state index in [0.29, 0.717) is 11.3 Å². The molecule has 2 unspecified atom stereocenters. The molecule has 2 fully saturated rings. The lowest BCUT2D eigenvalue weighted by atomic mass is 10.0. The van der Waals surface area contributed by atoms with E-state index in [1.807, 2.05) is 10.6 Å². The molecule has 0 aliphatic carbocycles. The third-order valence-corrected chi connectivity index (χ3v) is 9.70. The summed E-state index contributed by atoms with van der Waals surface area (Å²) in [7, 11) is -9.71. The molecule has 58 heavy (non-hydrogen) atoms. The van der Waals surface area contributed by atoms with Crippen molar-refractivity contribution in [1.82, 2.24) is 10.6 Å². The number of carbonyl (C=O) groups is 6. The van der Waals surface area contributed by atoms with Gasteiger partial charge in [-0.2, -0.15) is 57.7 Å². The smallest absolute Gasteiger partial charge is 0.296 e. The quantitative estimate of drug-likeness (QED) is 0.0685. The van der Waals surface area contributed by atoms with Crippen molar-refractivity contribution in [2.75, 3.05) is 0 Å². The van der Waals surface area contributed by atoms with Crippen LogP contribution in [0.15, 0.2) is 136 Å². The van der Waals surface area contributed by atoms with Gasteiger partial charge in [0, 0.05) is 5.56 Å². The van der Waals surface area contributed by atoms with E-state index in [1.165, 1.54) is 66.7 Å². The molecule has 4 aromatic rings. The molecule has 22 nitrogen and oxygen atoms in total. The Labute approximate surface area is 325 Å². The zero-order chi connectivity index (χ0) is 41.8. The third kappa shape index (κ3) is 9.74. The van der Waals surface area contributed by atoms with Gasteiger partial charge in [-0.3, -0.25) is 48.5 Å². The minimum absolute atomic E-state index is 0.0585. The minimum atomic E-state index is -4.92. The molecule has 4 aromatic carbocycles. The van der Waals surface area contributed by atoms with Gasteiger partial charge in [0.2, 0.25) is 23.9 Å². The Kier molecular flexibility index (Phi) is 11.4. The van der Waals surface area contributed by atoms with Crippen LogP contribution in [0.3, 0.4) is 0 Å². The second-order valence-corrected chi connectivity index (χ2v) is 14.9. The number of nitrogens with zero attached hydrogens (tertiary/aromatic N) is 8. The van der Waals surface area contributed by atoms with Gasteiger partial charge in [0.05, 0.1) is 41.3 Å². The van der Waals surface area contributed by atoms with E-state index in [0.717, 1.165) is 18.2 Å². The SMILES string of the molecule is O=C1CC(=O)C(N=Nc2ccc(N=Nc3ccc(-c4ccc(N=Nc5ccc(N=NC6C(=O)CC(=O)NC6=O)c(S(=O)(=O)O)c5)cc4)c(S(=O)(=O)O)c3)cc2)C(=O)N1. The molecule has 2 aliphatic rings. The Morgan fingerprint density at radius 3 is 1.36 bits per heavy atom. The molecule has 0 aromatic heterocycles. The molecule has 0 bridgehead atoms. The number of piperidine rings is 2. The number of carbonyl (C=O) groups excluding carboxylic acids is 6. The van der Waals surface area contributed by atoms with E-state index in [9.17, 15) is 54.7 Å². The van der Waals surface area contributed by atoms with Crippen LogP contribution in [0.1, 0.15) is 12.8 Å². The van der Waals surface area contributed by atoms with Crippen LogP contribution in [-0.4, -0.2) is 73.2 Å². The van der Waals surface area contributed by atoms with Crippen molar-refractivity contribution in [3.05, 3.63) is 84.9 Å². The van der Waals surface area contributed by atoms with Crippen molar-refractivity contribution < 1.29 is 54.7 Å². The predicted octanol–water partition coefficient (Wildman–Crippen LogP) is 4.81. The summed E-state index contributed by atoms with van der Waals surface area (Å²) >= 11 is 0. The van der Waals surface area contributed by atoms with Crippen LogP contribution in [0.25, 0.3) is 11.1 Å². The van der Waals surface area contributed by atoms with Crippen molar-refractivity contribution >= 4 is 89.6 Å². The molecule has 0 spiro atoms. The van der Waals surface area contributed by atoms with Crippen LogP contribution in [0.5, 0.6) is 0 Å². The van der Waals surface area contributed by atoms with E-state index < -0.39 is 95.8 Å². The molecule has 2 aliphatic heterocycles. The van der Waals surface area contributed by atoms with Crippen molar-refractivity contribution in [2.24, 2.45) is 40.9 Å². The van der Waals surface area contributed by atoms with Crippen molar-refractivity contribution in [1.29, 1.82) is 0 Å². The van der Waals surface area contributed by atoms with E-state index in [-0.39, 0.29) is 28.3 Å². The number of rotatable bonds is 11. The first-order chi connectivity index (χ1) is 27.4. The number of ketones is 2. The van der Waals surface area contributed by atoms with Gasteiger partial charge in [0.25, 0.3) is 32.1 Å². The molecule has 4 N–H and O–H groups in total. The van der Waals surface area contributed by atoms with Gasteiger partial charge < -0.3 is 0 Å². The molecular formula is C34H24N10O12S2. The normalized spacial score (nSPS) is 18.2. The first kappa shape index (κ1) is 40.4. The molecule has 2 heterocycles. The Morgan fingerprint density at radius 1 is 0.483 bits per heavy atom. The van der Waals surface area contributed by atoms with Crippen molar-refractivity contribution in [3.8, 4) is 11.1 Å². The minimum Gasteiger partial charge on any atom is -0.296 e. The molecule has 24 heteroatoms. The highest BCUT2D eigenvalue weighted by atomic mass is 32.2. The average molecular weight is 829 g/mol. The maximum absolute atomic E-state index is 12.4. The fraction of sp³-hybridized carbons (Fsp3) is 0.118. The molecule has 2 atom stereocenters. The number of amides is 4. The lowest BCUT2D eigenvalue weighted by molar-refractivity contribution is -0.142. The number of nitrogens with one attached hydrogen (secondary N) is 2. The first-order valence-electron chi connectivity index (χ1n) is 16.3. The summed E-state index contributed by atoms with van der Waals surface area (Å²) in [6, 6.07) is 15.7. The summed E-state index contributed by atoms with van der Waals surface area (Å²) in [5, 5.41) is 34.7. The van der Waals surface area contributed by atoms with Gasteiger partial charge in [0.15, 0.2) is 11.6 Å². The van der Waals surface area contributed by atoms with Crippen molar-refractivity contribution in [3.63, 3.8) is 0 Å². The van der Waals surface area contributed by atoms with E-state index >= 15 is 0 Å². The van der Waals surface area contributed by atoms with Crippen LogP contribution in [-0.2, 0) is 49.0 Å². The molecular weight excluding hydrogens is 805 g/mol. The topological polar surface area (TPSA) is 334 Å². The Hall–Kier alpha value is -7.28. The van der Waals surface area contributed by atoms with Crippen molar-refractivity contribution in [2.45, 2.75) is 34.7 Å². The van der Waals surface area contributed by atoms with Crippen LogP contribution >= 0.6 is 0 Å². The van der Waals surface area contributed by atoms with E-state index in [1.54, 1.807) is 0 Å². The van der Waals surface area contributed by atoms with Crippen LogP contribution in [0.4, 0.5) is 34.1 Å². The molecule has 294 valence electrons. The van der Waals surface area contributed by atoms with Gasteiger partial charge in [-0.15, -0.1) is 0 Å². The van der Waals surface area contributed by atoms with Gasteiger partial charge in [-0.1, -0.05) is 18.2 Å². The zero-order valence-corrected chi connectivity index (χ0v) is 30.7. The molecule has 6 rings (SSSR count). The highest BCUT2D eigenvalue weighted by Gasteiger charge is 2.35. The third-order valence-electron chi connectivity index (χ3n) is 7.93. The van der Waals surface area contributed by atoms with Crippen LogP contribution in [0.2, 0.25) is 0 Å². The summed E-state index contributed by atoms with van der Waals surface area (Å²) in [6.45, 7) is 0. The summed E-state index contributed by atoms with van der Waals surface area (Å²) in [5.74, 6) is -4.97. The lowest BCUT2D eigenvalue weighted by Crippen LogP contribution is -2.48. The number of benzene rings is 4. The Morgan fingerprint density at radius 2 is 0.879 bits per heavy atom. The van der Waals surface area contributed by atoms with Gasteiger partial charge in [-0.25, -0.2) is 0 Å². The van der Waals surface area contributed by atoms with Gasteiger partial charge >= 0.3 is 0 Å². The van der Waals surface area contributed by atoms with Gasteiger partial charge in [0.1, 0.15) is 15.5 Å². The summed E-state index contributed by atoms with van der Waals surface area (Å²) < 4.78 is 68.7. The molecule has 4 amide bonds. The second-order valence-electron chi connectivity index (χ2n) is 12.1. The fourth-order valence-electron chi connectivity index (χ4n) is 5.18. The maximum Gasteiger partial charge on any atom is 0.296 e. The number of hydrogen-bond acceptors (Lipinski definition) is 18. The van der Waals surface area contributed by atoms with Crippen LogP contribution < -0.4 is 10.6 Å². The Bertz CT molecular complexity index is 2710. The first-order valence-corrected chi connectivity index (χ1v) is 19.1. The largest absolute Gasteiger partial charge is 0.296 e. The molecule has 0 radical (unpaired) electrons. The fourth-order valence-corrected chi connectivity index (χ4v) is 6.56. The monoisotopic (exact) mass is 828 g/mol. The van der Waals surface area contributed by atoms with Crippen LogP contribution in [0, 0.1) is 0 Å². The zero-order valence-electron chi connectivity index (χ0n) is 29.0. The number of imide groups is 2. The van der Waals surface area contributed by atoms with E-state index in [2.05, 4.69) is 40.9 Å². The number of azo groups is 4. The molecule has 2 saturated heterocycles. The molecule has 0 saturated carbocycles. The summed E-state index contributed by atoms with van der Waals surface area (Å²) in [5.41, 5.74) is 0.750. The van der Waals surface area contributed by atoms with E-state index in [4.69, 9.17) is 0 Å². The Balaban J connectivity index is 1.15. The average Bonchev–Trinajstić information content (AvgIpc) is 3.15. The number of hydrogen-bond donors (Lipinski definition) is 4. The highest BCUT2D eigenvalue weighted by molar-refractivity contribution is 7.86. The summed E-state index contributed by atoms with van der Waals surface area (Å²) in [4.78, 5) is 69.1. The number of Topliss-reactive ketones (excluding diaryl/α,β-unsaturated/α-hetero) is 2. The summed E-state index contributed by atoms with van der Waals surface area (Å²) in [6.07, 6.45) is -1.11. The second kappa shape index (κ2) is 16.4. The van der Waals surface area contributed by atoms with Gasteiger partial charge in [-0.05, 0) is 72.3 Å². The lowest BCUT2D eigenvalue weighted by Gasteiger charge is -2.15.